The molecule has 172 valence electrons. The van der Waals surface area contributed by atoms with Crippen LogP contribution in [0.1, 0.15) is 44.8 Å². The summed E-state index contributed by atoms with van der Waals surface area (Å²) in [6.07, 6.45) is 2.26. The van der Waals surface area contributed by atoms with Gasteiger partial charge in [0.2, 0.25) is 0 Å². The molecule has 33 heavy (non-hydrogen) atoms. The number of aliphatic carboxylic acids is 1. The van der Waals surface area contributed by atoms with Gasteiger partial charge in [0.15, 0.2) is 0 Å². The fraction of sp³-hybridized carbons (Fsp3) is 0.360. The molecular formula is C25H30FN2NaO4. The van der Waals surface area contributed by atoms with Crippen LogP contribution in [-0.2, 0) is 11.2 Å². The van der Waals surface area contributed by atoms with Crippen LogP contribution in [0, 0.1) is 5.82 Å². The molecule has 0 spiro atoms. The summed E-state index contributed by atoms with van der Waals surface area (Å²) in [5.41, 5.74) is 4.46. The third-order valence-electron chi connectivity index (χ3n) is 5.44. The van der Waals surface area contributed by atoms with Crippen LogP contribution in [0.25, 0.3) is 22.4 Å². The van der Waals surface area contributed by atoms with Gasteiger partial charge in [0.05, 0.1) is 24.3 Å². The molecule has 0 aliphatic heterocycles. The molecule has 0 aliphatic carbocycles. The monoisotopic (exact) mass is 464 g/mol. The van der Waals surface area contributed by atoms with Crippen LogP contribution in [0.4, 0.5) is 4.39 Å². The third-order valence-corrected chi connectivity index (χ3v) is 5.44. The molecule has 6 nitrogen and oxygen atoms in total. The Balaban J connectivity index is 0.00000385. The second kappa shape index (κ2) is 12.4. The van der Waals surface area contributed by atoms with Crippen molar-refractivity contribution in [3.05, 3.63) is 66.4 Å². The first-order valence-corrected chi connectivity index (χ1v) is 10.7. The Hall–Kier alpha value is -2.03. The van der Waals surface area contributed by atoms with E-state index in [-0.39, 0.29) is 47.8 Å². The summed E-state index contributed by atoms with van der Waals surface area (Å²) in [6.45, 7) is 4.13. The van der Waals surface area contributed by atoms with Gasteiger partial charge >= 0.3 is 35.5 Å². The third kappa shape index (κ3) is 7.22. The van der Waals surface area contributed by atoms with E-state index >= 15 is 0 Å². The standard InChI is InChI=1S/C25H29FN2O4.Na.H/c1-16(2)28-15-21(22-5-3-4-12-27-22)25(17-6-8-18(26)9-7-17)23(28)11-10-19(29)13-20(30)14-24(31)32;;/h3-9,12,15-16,19-20,29-30H,10-11,13-14H2,1-2H3,(H,31,32);;/t19-,20-;;/m1../s1. The van der Waals surface area contributed by atoms with Gasteiger partial charge in [-0.1, -0.05) is 18.2 Å². The quantitative estimate of drug-likeness (QED) is 0.397. The number of aliphatic hydroxyl groups excluding tert-OH is 2. The van der Waals surface area contributed by atoms with Crippen molar-refractivity contribution in [1.82, 2.24) is 9.55 Å². The number of hydrogen-bond acceptors (Lipinski definition) is 4. The molecule has 0 aliphatic rings. The van der Waals surface area contributed by atoms with E-state index in [4.69, 9.17) is 5.11 Å². The molecule has 0 saturated heterocycles. The topological polar surface area (TPSA) is 95.6 Å². The number of aliphatic hydroxyl groups is 2. The van der Waals surface area contributed by atoms with Gasteiger partial charge in [0.1, 0.15) is 5.82 Å². The van der Waals surface area contributed by atoms with Crippen molar-refractivity contribution in [3.63, 3.8) is 0 Å². The Morgan fingerprint density at radius 3 is 2.36 bits per heavy atom. The molecule has 0 radical (unpaired) electrons. The first-order chi connectivity index (χ1) is 15.3. The van der Waals surface area contributed by atoms with Gasteiger partial charge in [0.25, 0.3) is 0 Å². The van der Waals surface area contributed by atoms with E-state index in [1.807, 2.05) is 24.4 Å². The summed E-state index contributed by atoms with van der Waals surface area (Å²) in [7, 11) is 0. The number of halogens is 1. The van der Waals surface area contributed by atoms with Crippen molar-refractivity contribution in [1.29, 1.82) is 0 Å². The summed E-state index contributed by atoms with van der Waals surface area (Å²) >= 11 is 0. The average Bonchev–Trinajstić information content (AvgIpc) is 3.12. The summed E-state index contributed by atoms with van der Waals surface area (Å²) in [4.78, 5) is 15.3. The van der Waals surface area contributed by atoms with Crippen LogP contribution in [0.3, 0.4) is 0 Å². The zero-order chi connectivity index (χ0) is 23.3. The van der Waals surface area contributed by atoms with Gasteiger partial charge in [-0.25, -0.2) is 4.39 Å². The number of nitrogens with zero attached hydrogens (tertiary/aromatic N) is 2. The Morgan fingerprint density at radius 2 is 1.79 bits per heavy atom. The van der Waals surface area contributed by atoms with E-state index in [0.29, 0.717) is 12.8 Å². The van der Waals surface area contributed by atoms with Crippen molar-refractivity contribution in [2.45, 2.75) is 57.8 Å². The predicted octanol–water partition coefficient (Wildman–Crippen LogP) is 3.81. The number of aromatic nitrogens is 2. The number of carbonyl (C=O) groups is 1. The first-order valence-electron chi connectivity index (χ1n) is 10.7. The maximum absolute atomic E-state index is 13.6. The number of carboxylic acid groups (broad SMARTS) is 1. The van der Waals surface area contributed by atoms with Gasteiger partial charge in [-0.3, -0.25) is 9.78 Å². The second-order valence-corrected chi connectivity index (χ2v) is 8.27. The summed E-state index contributed by atoms with van der Waals surface area (Å²) in [6, 6.07) is 12.1. The molecule has 2 atom stereocenters. The number of pyridine rings is 1. The minimum atomic E-state index is -1.10. The fourth-order valence-corrected chi connectivity index (χ4v) is 3.96. The minimum absolute atomic E-state index is 0. The van der Waals surface area contributed by atoms with Crippen molar-refractivity contribution >= 4 is 35.5 Å². The SMILES string of the molecule is CC(C)n1cc(-c2ccccn2)c(-c2ccc(F)cc2)c1CC[C@@H](O)C[C@@H](O)CC(=O)O.[NaH]. The zero-order valence-corrected chi connectivity index (χ0v) is 18.3. The van der Waals surface area contributed by atoms with Crippen LogP contribution >= 0.6 is 0 Å². The molecule has 0 saturated carbocycles. The Kier molecular flexibility index (Phi) is 10.3. The Labute approximate surface area is 215 Å². The van der Waals surface area contributed by atoms with E-state index < -0.39 is 24.6 Å². The van der Waals surface area contributed by atoms with Gasteiger partial charge in [-0.15, -0.1) is 0 Å². The van der Waals surface area contributed by atoms with Crippen LogP contribution in [-0.4, -0.2) is 72.6 Å². The Bertz CT molecular complexity index is 1040. The Morgan fingerprint density at radius 1 is 1.09 bits per heavy atom. The van der Waals surface area contributed by atoms with E-state index in [0.717, 1.165) is 28.1 Å². The summed E-state index contributed by atoms with van der Waals surface area (Å²) < 4.78 is 15.7. The molecule has 0 bridgehead atoms. The number of hydrogen-bond donors (Lipinski definition) is 3. The van der Waals surface area contributed by atoms with Crippen molar-refractivity contribution in [3.8, 4) is 22.4 Å². The van der Waals surface area contributed by atoms with Crippen LogP contribution in [0.2, 0.25) is 0 Å². The van der Waals surface area contributed by atoms with E-state index in [9.17, 15) is 19.4 Å². The second-order valence-electron chi connectivity index (χ2n) is 8.27. The molecule has 2 aromatic heterocycles. The molecule has 0 amide bonds. The number of benzene rings is 1. The molecule has 2 heterocycles. The number of carboxylic acids is 1. The molecule has 0 unspecified atom stereocenters. The average molecular weight is 465 g/mol. The van der Waals surface area contributed by atoms with Crippen molar-refractivity contribution < 1.29 is 24.5 Å². The van der Waals surface area contributed by atoms with Gasteiger partial charge in [-0.2, -0.15) is 0 Å². The first kappa shape index (κ1) is 27.2. The fourth-order valence-electron chi connectivity index (χ4n) is 3.96. The predicted molar refractivity (Wildman–Crippen MR) is 128 cm³/mol. The van der Waals surface area contributed by atoms with Crippen molar-refractivity contribution in [2.24, 2.45) is 0 Å². The van der Waals surface area contributed by atoms with Crippen LogP contribution in [0.15, 0.2) is 54.9 Å². The molecule has 1 aromatic carbocycles. The van der Waals surface area contributed by atoms with Gasteiger partial charge < -0.3 is 19.9 Å². The van der Waals surface area contributed by atoms with Gasteiger partial charge in [0, 0.05) is 35.3 Å². The summed E-state index contributed by atoms with van der Waals surface area (Å²) in [5.74, 6) is -1.42. The normalized spacial score (nSPS) is 12.9. The molecular weight excluding hydrogens is 434 g/mol. The van der Waals surface area contributed by atoms with Crippen LogP contribution in [0.5, 0.6) is 0 Å². The van der Waals surface area contributed by atoms with E-state index in [2.05, 4.69) is 23.4 Å². The zero-order valence-electron chi connectivity index (χ0n) is 18.3. The van der Waals surface area contributed by atoms with E-state index in [1.165, 1.54) is 12.1 Å². The van der Waals surface area contributed by atoms with Crippen molar-refractivity contribution in [2.75, 3.05) is 0 Å². The molecule has 8 heteroatoms. The molecule has 3 aromatic rings. The molecule has 0 fully saturated rings. The maximum atomic E-state index is 13.6. The van der Waals surface area contributed by atoms with Gasteiger partial charge in [-0.05, 0) is 62.9 Å². The van der Waals surface area contributed by atoms with Crippen LogP contribution < -0.4 is 0 Å². The summed E-state index contributed by atoms with van der Waals surface area (Å²) in [5, 5.41) is 29.1. The molecule has 3 N–H and O–H groups in total. The number of rotatable bonds is 10. The van der Waals surface area contributed by atoms with E-state index in [1.54, 1.807) is 18.3 Å². The molecule has 3 rings (SSSR count).